The smallest absolute Gasteiger partial charge is 0.312 e. The molecule has 6 atom stereocenters. The van der Waals surface area contributed by atoms with Crippen LogP contribution in [0.2, 0.25) is 0 Å². The molecule has 0 unspecified atom stereocenters. The average molecular weight is 588 g/mol. The van der Waals surface area contributed by atoms with Gasteiger partial charge in [0.2, 0.25) is 0 Å². The molecule has 1 saturated heterocycles. The molecule has 10 heteroatoms. The number of rotatable bonds is 9. The summed E-state index contributed by atoms with van der Waals surface area (Å²) in [4.78, 5) is 41.6. The van der Waals surface area contributed by atoms with E-state index in [2.05, 4.69) is 11.5 Å². The summed E-state index contributed by atoms with van der Waals surface area (Å²) >= 11 is 0. The number of Topliss-reactive ketones (excluding diaryl/α,β-unsaturated/α-hetero) is 1. The monoisotopic (exact) mass is 587 g/mol. The zero-order valence-electron chi connectivity index (χ0n) is 25.0. The Morgan fingerprint density at radius 2 is 1.77 bits per heavy atom. The minimum atomic E-state index is -2.07. The molecule has 40 heavy (non-hydrogen) atoms. The number of fused-ring (bicyclic) bond motifs is 1. The van der Waals surface area contributed by atoms with Crippen LogP contribution in [0, 0.1) is 22.7 Å². The van der Waals surface area contributed by atoms with Gasteiger partial charge in [-0.15, -0.1) is 19.0 Å². The van der Waals surface area contributed by atoms with Crippen molar-refractivity contribution in [3.05, 3.63) is 24.0 Å². The van der Waals surface area contributed by atoms with E-state index in [0.29, 0.717) is 25.0 Å². The van der Waals surface area contributed by atoms with Crippen molar-refractivity contribution in [1.29, 1.82) is 0 Å². The Kier molecular flexibility index (Phi) is 12.6. The third-order valence-corrected chi connectivity index (χ3v) is 9.25. The normalized spacial score (nSPS) is 32.5. The molecule has 0 aromatic carbocycles. The lowest BCUT2D eigenvalue weighted by Gasteiger charge is -2.61. The third kappa shape index (κ3) is 6.65. The van der Waals surface area contributed by atoms with Crippen molar-refractivity contribution in [1.82, 2.24) is 4.90 Å². The Balaban J connectivity index is 0.00000400. The lowest BCUT2D eigenvalue weighted by Crippen LogP contribution is -2.70. The Bertz CT molecular complexity index is 975. The Labute approximate surface area is 245 Å². The summed E-state index contributed by atoms with van der Waals surface area (Å²) < 4.78 is 11.8. The predicted octanol–water partition coefficient (Wildman–Crippen LogP) is 3.54. The van der Waals surface area contributed by atoms with Crippen molar-refractivity contribution in [2.75, 3.05) is 19.6 Å². The van der Waals surface area contributed by atoms with Crippen molar-refractivity contribution in [2.24, 2.45) is 22.7 Å². The van der Waals surface area contributed by atoms with Crippen LogP contribution in [-0.4, -0.2) is 75.8 Å². The van der Waals surface area contributed by atoms with Crippen molar-refractivity contribution >= 4 is 30.1 Å². The second kappa shape index (κ2) is 13.9. The van der Waals surface area contributed by atoms with Crippen LogP contribution < -0.4 is 0 Å². The number of piperidine rings is 1. The fourth-order valence-electron chi connectivity index (χ4n) is 7.00. The molecule has 4 N–H and O–H groups in total. The summed E-state index contributed by atoms with van der Waals surface area (Å²) in [5, 5.41) is 23.9. The quantitative estimate of drug-likeness (QED) is 0.308. The van der Waals surface area contributed by atoms with Crippen LogP contribution in [-0.2, 0) is 23.9 Å². The SMILES string of the molecule is C=C[C@@H](C)CC(=O)[C@@]1(O)[C@@H](C)[C@@H](OC(C)=O)C(OC(=O)CCN2CCCCC2)=C2C(C)(C)CC[C@H](O)[C@@]21C.Cl.O. The fourth-order valence-corrected chi connectivity index (χ4v) is 7.00. The molecule has 0 radical (unpaired) electrons. The first-order valence-corrected chi connectivity index (χ1v) is 14.1. The van der Waals surface area contributed by atoms with Crippen LogP contribution in [0.3, 0.4) is 0 Å². The molecule has 230 valence electrons. The third-order valence-electron chi connectivity index (χ3n) is 9.25. The number of hydrogen-bond acceptors (Lipinski definition) is 8. The highest BCUT2D eigenvalue weighted by molar-refractivity contribution is 5.90. The van der Waals surface area contributed by atoms with Crippen molar-refractivity contribution in [3.8, 4) is 0 Å². The summed E-state index contributed by atoms with van der Waals surface area (Å²) in [7, 11) is 0. The molecule has 0 amide bonds. The first kappa shape index (κ1) is 36.2. The summed E-state index contributed by atoms with van der Waals surface area (Å²) in [6.07, 6.45) is 3.92. The van der Waals surface area contributed by atoms with Gasteiger partial charge in [-0.1, -0.05) is 40.2 Å². The molecule has 2 fully saturated rings. The number of carbonyl (C=O) groups excluding carboxylic acids is 3. The first-order valence-electron chi connectivity index (χ1n) is 14.1. The lowest BCUT2D eigenvalue weighted by atomic mass is 9.46. The number of nitrogens with zero attached hydrogens (tertiary/aromatic N) is 1. The molecule has 1 saturated carbocycles. The molecule has 1 aliphatic heterocycles. The summed E-state index contributed by atoms with van der Waals surface area (Å²) in [6, 6.07) is 0. The minimum absolute atomic E-state index is 0. The van der Waals surface area contributed by atoms with Crippen LogP contribution in [0.4, 0.5) is 0 Å². The Hall–Kier alpha value is -1.78. The second-order valence-electron chi connectivity index (χ2n) is 12.4. The standard InChI is InChI=1S/C30H47NO7.ClH.H2O/c1-8-19(2)18-23(34)30(36)20(3)25(37-21(4)32)26(27-28(5,6)14-12-22(33)29(27,30)7)38-24(35)13-17-31-15-10-9-11-16-31;;/h8,19-20,22,25,33,36H,1,9-18H2,2-7H3;1H;1H2/t19-,20+,22+,25-,29+,30+;;/m1../s1. The van der Waals surface area contributed by atoms with Crippen LogP contribution in [0.25, 0.3) is 0 Å². The number of ether oxygens (including phenoxy) is 2. The molecular weight excluding hydrogens is 538 g/mol. The maximum absolute atomic E-state index is 13.9. The molecule has 3 aliphatic rings. The predicted molar refractivity (Wildman–Crippen MR) is 155 cm³/mol. The fraction of sp³-hybridized carbons (Fsp3) is 0.767. The molecule has 1 heterocycles. The number of carbonyl (C=O) groups is 3. The van der Waals surface area contributed by atoms with E-state index in [1.165, 1.54) is 13.3 Å². The molecule has 0 aromatic heterocycles. The van der Waals surface area contributed by atoms with Crippen molar-refractivity contribution in [2.45, 2.75) is 104 Å². The highest BCUT2D eigenvalue weighted by Gasteiger charge is 2.70. The van der Waals surface area contributed by atoms with Gasteiger partial charge in [0.15, 0.2) is 11.9 Å². The Morgan fingerprint density at radius 1 is 1.18 bits per heavy atom. The van der Waals surface area contributed by atoms with E-state index in [9.17, 15) is 24.6 Å². The molecular formula is C30H50ClNO8. The van der Waals surface area contributed by atoms with E-state index in [0.717, 1.165) is 25.9 Å². The van der Waals surface area contributed by atoms with E-state index < -0.39 is 52.3 Å². The number of aliphatic hydroxyl groups is 2. The van der Waals surface area contributed by atoms with Crippen LogP contribution in [0.5, 0.6) is 0 Å². The molecule has 0 bridgehead atoms. The van der Waals surface area contributed by atoms with Gasteiger partial charge in [0.05, 0.1) is 17.9 Å². The topological polar surface area (TPSA) is 145 Å². The maximum Gasteiger partial charge on any atom is 0.312 e. The Morgan fingerprint density at radius 3 is 2.33 bits per heavy atom. The van der Waals surface area contributed by atoms with E-state index >= 15 is 0 Å². The second-order valence-corrected chi connectivity index (χ2v) is 12.4. The van der Waals surface area contributed by atoms with Gasteiger partial charge in [-0.2, -0.15) is 0 Å². The number of hydrogen-bond donors (Lipinski definition) is 2. The van der Waals surface area contributed by atoms with Gasteiger partial charge < -0.3 is 30.1 Å². The first-order chi connectivity index (χ1) is 17.7. The highest BCUT2D eigenvalue weighted by atomic mass is 35.5. The molecule has 3 rings (SSSR count). The minimum Gasteiger partial charge on any atom is -0.454 e. The van der Waals surface area contributed by atoms with Gasteiger partial charge in [0, 0.05) is 25.8 Å². The number of ketones is 1. The van der Waals surface area contributed by atoms with Gasteiger partial charge in [0.1, 0.15) is 11.4 Å². The van der Waals surface area contributed by atoms with E-state index in [1.807, 2.05) is 20.8 Å². The number of likely N-dealkylation sites (tertiary alicyclic amines) is 1. The van der Waals surface area contributed by atoms with Crippen LogP contribution in [0.15, 0.2) is 24.0 Å². The van der Waals surface area contributed by atoms with Crippen molar-refractivity contribution in [3.63, 3.8) is 0 Å². The van der Waals surface area contributed by atoms with E-state index in [-0.39, 0.29) is 42.4 Å². The number of esters is 2. The molecule has 0 spiro atoms. The van der Waals surface area contributed by atoms with E-state index in [4.69, 9.17) is 9.47 Å². The van der Waals surface area contributed by atoms with E-state index in [1.54, 1.807) is 19.9 Å². The van der Waals surface area contributed by atoms with Crippen LogP contribution in [0.1, 0.15) is 86.5 Å². The lowest BCUT2D eigenvalue weighted by molar-refractivity contribution is -0.209. The van der Waals surface area contributed by atoms with Gasteiger partial charge >= 0.3 is 11.9 Å². The van der Waals surface area contributed by atoms with Gasteiger partial charge in [-0.05, 0) is 62.6 Å². The number of aliphatic hydroxyl groups excluding tert-OH is 1. The molecule has 0 aromatic rings. The summed E-state index contributed by atoms with van der Waals surface area (Å²) in [6.45, 7) is 16.5. The van der Waals surface area contributed by atoms with Gasteiger partial charge in [-0.25, -0.2) is 0 Å². The molecule has 9 nitrogen and oxygen atoms in total. The summed E-state index contributed by atoms with van der Waals surface area (Å²) in [5.41, 5.74) is -3.69. The zero-order chi connectivity index (χ0) is 28.5. The van der Waals surface area contributed by atoms with Gasteiger partial charge in [-0.3, -0.25) is 14.4 Å². The van der Waals surface area contributed by atoms with Crippen LogP contribution >= 0.6 is 12.4 Å². The average Bonchev–Trinajstić information content (AvgIpc) is 2.86. The maximum atomic E-state index is 13.9. The molecule has 2 aliphatic carbocycles. The zero-order valence-corrected chi connectivity index (χ0v) is 25.8. The van der Waals surface area contributed by atoms with Gasteiger partial charge in [0.25, 0.3) is 0 Å². The number of halogens is 1. The van der Waals surface area contributed by atoms with Crippen molar-refractivity contribution < 1.29 is 39.5 Å². The summed E-state index contributed by atoms with van der Waals surface area (Å²) in [5.74, 6) is -2.56. The highest BCUT2D eigenvalue weighted by Crippen LogP contribution is 2.63. The number of allylic oxidation sites excluding steroid dienone is 1. The largest absolute Gasteiger partial charge is 0.454 e.